The summed E-state index contributed by atoms with van der Waals surface area (Å²) < 4.78 is 5.43. The average molecular weight is 334 g/mol. The Balaban J connectivity index is 2.32. The molecule has 6 heteroatoms. The van der Waals surface area contributed by atoms with Gasteiger partial charge in [0, 0.05) is 12.6 Å². The van der Waals surface area contributed by atoms with Gasteiger partial charge in [-0.1, -0.05) is 37.0 Å². The molecule has 0 unspecified atom stereocenters. The largest absolute Gasteiger partial charge is 0.493 e. The Morgan fingerprint density at radius 2 is 1.95 bits per heavy atom. The SMILES string of the molecule is CCC(O)(CC)CNC(=O)CCOc1ccc(Cl)c(Cl)c1. The third kappa shape index (κ3) is 6.12. The van der Waals surface area contributed by atoms with Crippen LogP contribution >= 0.6 is 23.2 Å². The molecule has 1 aromatic rings. The molecule has 2 N–H and O–H groups in total. The van der Waals surface area contributed by atoms with Crippen molar-refractivity contribution < 1.29 is 14.6 Å². The quantitative estimate of drug-likeness (QED) is 0.766. The van der Waals surface area contributed by atoms with Gasteiger partial charge in [0.05, 0.1) is 28.7 Å². The Labute approximate surface area is 135 Å². The fourth-order valence-corrected chi connectivity index (χ4v) is 1.97. The van der Waals surface area contributed by atoms with Gasteiger partial charge in [-0.15, -0.1) is 0 Å². The van der Waals surface area contributed by atoms with Crippen LogP contribution in [0.15, 0.2) is 18.2 Å². The van der Waals surface area contributed by atoms with Gasteiger partial charge in [0.1, 0.15) is 5.75 Å². The van der Waals surface area contributed by atoms with Crippen LogP contribution in [0.5, 0.6) is 5.75 Å². The molecule has 0 saturated heterocycles. The second kappa shape index (κ2) is 8.47. The van der Waals surface area contributed by atoms with Gasteiger partial charge in [0.15, 0.2) is 0 Å². The Bertz CT molecular complexity index is 476. The molecule has 0 bridgehead atoms. The van der Waals surface area contributed by atoms with Crippen molar-refractivity contribution in [2.75, 3.05) is 13.2 Å². The van der Waals surface area contributed by atoms with Crippen molar-refractivity contribution in [1.82, 2.24) is 5.32 Å². The number of benzene rings is 1. The van der Waals surface area contributed by atoms with Gasteiger partial charge in [-0.2, -0.15) is 0 Å². The van der Waals surface area contributed by atoms with Crippen molar-refractivity contribution >= 4 is 29.1 Å². The second-order valence-electron chi connectivity index (χ2n) is 4.88. The maximum absolute atomic E-state index is 11.7. The summed E-state index contributed by atoms with van der Waals surface area (Å²) in [6.45, 7) is 4.28. The molecule has 0 aliphatic heterocycles. The molecule has 1 aromatic carbocycles. The van der Waals surface area contributed by atoms with E-state index in [4.69, 9.17) is 27.9 Å². The van der Waals surface area contributed by atoms with Crippen molar-refractivity contribution in [3.05, 3.63) is 28.2 Å². The Hall–Kier alpha value is -0.970. The molecule has 0 fully saturated rings. The van der Waals surface area contributed by atoms with Crippen LogP contribution in [0.4, 0.5) is 0 Å². The molecule has 0 heterocycles. The summed E-state index contributed by atoms with van der Waals surface area (Å²) in [5, 5.41) is 13.7. The van der Waals surface area contributed by atoms with E-state index in [2.05, 4.69) is 5.32 Å². The molecule has 0 atom stereocenters. The summed E-state index contributed by atoms with van der Waals surface area (Å²) in [5.74, 6) is 0.409. The number of carbonyl (C=O) groups is 1. The van der Waals surface area contributed by atoms with E-state index in [-0.39, 0.29) is 25.5 Å². The van der Waals surface area contributed by atoms with Crippen molar-refractivity contribution in [3.8, 4) is 5.75 Å². The van der Waals surface area contributed by atoms with Crippen LogP contribution < -0.4 is 10.1 Å². The normalized spacial score (nSPS) is 11.3. The third-order valence-electron chi connectivity index (χ3n) is 3.42. The first-order valence-electron chi connectivity index (χ1n) is 6.97. The minimum Gasteiger partial charge on any atom is -0.493 e. The number of nitrogens with one attached hydrogen (secondary N) is 1. The number of hydrogen-bond acceptors (Lipinski definition) is 3. The first-order valence-corrected chi connectivity index (χ1v) is 7.72. The topological polar surface area (TPSA) is 58.6 Å². The Morgan fingerprint density at radius 3 is 2.52 bits per heavy atom. The van der Waals surface area contributed by atoms with E-state index in [0.29, 0.717) is 28.6 Å². The molecule has 0 spiro atoms. The molecule has 0 radical (unpaired) electrons. The van der Waals surface area contributed by atoms with E-state index < -0.39 is 5.60 Å². The molecular weight excluding hydrogens is 313 g/mol. The van der Waals surface area contributed by atoms with Crippen LogP contribution in [-0.2, 0) is 4.79 Å². The van der Waals surface area contributed by atoms with Gasteiger partial charge in [-0.3, -0.25) is 4.79 Å². The molecule has 4 nitrogen and oxygen atoms in total. The molecular formula is C15H21Cl2NO3. The Morgan fingerprint density at radius 1 is 1.29 bits per heavy atom. The summed E-state index contributed by atoms with van der Waals surface area (Å²) in [5.41, 5.74) is -0.833. The second-order valence-corrected chi connectivity index (χ2v) is 5.70. The van der Waals surface area contributed by atoms with Crippen molar-refractivity contribution in [3.63, 3.8) is 0 Å². The molecule has 1 amide bonds. The highest BCUT2D eigenvalue weighted by atomic mass is 35.5. The van der Waals surface area contributed by atoms with E-state index >= 15 is 0 Å². The zero-order chi connectivity index (χ0) is 15.9. The highest BCUT2D eigenvalue weighted by Crippen LogP contribution is 2.26. The first kappa shape index (κ1) is 18.1. The molecule has 1 rings (SSSR count). The van der Waals surface area contributed by atoms with Crippen LogP contribution in [0.2, 0.25) is 10.0 Å². The number of carbonyl (C=O) groups excluding carboxylic acids is 1. The standard InChI is InChI=1S/C15H21Cl2NO3/c1-3-15(20,4-2)10-18-14(19)7-8-21-11-5-6-12(16)13(17)9-11/h5-6,9,20H,3-4,7-8,10H2,1-2H3,(H,18,19). The van der Waals surface area contributed by atoms with Crippen molar-refractivity contribution in [2.24, 2.45) is 0 Å². The number of hydrogen-bond donors (Lipinski definition) is 2. The number of amides is 1. The zero-order valence-corrected chi connectivity index (χ0v) is 13.8. The van der Waals surface area contributed by atoms with Gasteiger partial charge in [-0.05, 0) is 25.0 Å². The highest BCUT2D eigenvalue weighted by Gasteiger charge is 2.22. The number of rotatable bonds is 8. The minimum atomic E-state index is -0.833. The van der Waals surface area contributed by atoms with Crippen LogP contribution in [0, 0.1) is 0 Å². The van der Waals surface area contributed by atoms with Gasteiger partial charge >= 0.3 is 0 Å². The molecule has 21 heavy (non-hydrogen) atoms. The van der Waals surface area contributed by atoms with E-state index in [1.165, 1.54) is 0 Å². The summed E-state index contributed by atoms with van der Waals surface area (Å²) in [6, 6.07) is 4.94. The van der Waals surface area contributed by atoms with Crippen LogP contribution in [0.3, 0.4) is 0 Å². The highest BCUT2D eigenvalue weighted by molar-refractivity contribution is 6.42. The third-order valence-corrected chi connectivity index (χ3v) is 4.16. The fourth-order valence-electron chi connectivity index (χ4n) is 1.68. The molecule has 0 aliphatic rings. The molecule has 118 valence electrons. The maximum atomic E-state index is 11.7. The molecule has 0 aliphatic carbocycles. The van der Waals surface area contributed by atoms with Gasteiger partial charge in [-0.25, -0.2) is 0 Å². The van der Waals surface area contributed by atoms with Crippen molar-refractivity contribution in [1.29, 1.82) is 0 Å². The number of aliphatic hydroxyl groups is 1. The van der Waals surface area contributed by atoms with Crippen LogP contribution in [0.1, 0.15) is 33.1 Å². The Kier molecular flexibility index (Phi) is 7.29. The lowest BCUT2D eigenvalue weighted by Gasteiger charge is -2.25. The summed E-state index contributed by atoms with van der Waals surface area (Å²) in [7, 11) is 0. The van der Waals surface area contributed by atoms with Gasteiger partial charge in [0.25, 0.3) is 0 Å². The van der Waals surface area contributed by atoms with Crippen LogP contribution in [-0.4, -0.2) is 29.8 Å². The van der Waals surface area contributed by atoms with E-state index in [1.807, 2.05) is 13.8 Å². The predicted octanol–water partition coefficient (Wildman–Crippen LogP) is 3.43. The lowest BCUT2D eigenvalue weighted by Crippen LogP contribution is -2.42. The first-order chi connectivity index (χ1) is 9.90. The van der Waals surface area contributed by atoms with Crippen LogP contribution in [0.25, 0.3) is 0 Å². The van der Waals surface area contributed by atoms with E-state index in [9.17, 15) is 9.90 Å². The lowest BCUT2D eigenvalue weighted by atomic mass is 9.97. The number of halogens is 2. The zero-order valence-electron chi connectivity index (χ0n) is 12.3. The number of ether oxygens (including phenoxy) is 1. The predicted molar refractivity (Wildman–Crippen MR) is 85.1 cm³/mol. The smallest absolute Gasteiger partial charge is 0.223 e. The summed E-state index contributed by atoms with van der Waals surface area (Å²) in [6.07, 6.45) is 1.41. The minimum absolute atomic E-state index is 0.157. The average Bonchev–Trinajstić information content (AvgIpc) is 2.48. The van der Waals surface area contributed by atoms with E-state index in [1.54, 1.807) is 18.2 Å². The van der Waals surface area contributed by atoms with Crippen molar-refractivity contribution in [2.45, 2.75) is 38.7 Å². The summed E-state index contributed by atoms with van der Waals surface area (Å²) >= 11 is 11.7. The maximum Gasteiger partial charge on any atom is 0.223 e. The van der Waals surface area contributed by atoms with E-state index in [0.717, 1.165) is 0 Å². The molecule has 0 saturated carbocycles. The molecule has 0 aromatic heterocycles. The summed E-state index contributed by atoms with van der Waals surface area (Å²) in [4.78, 5) is 11.7. The van der Waals surface area contributed by atoms with Gasteiger partial charge < -0.3 is 15.2 Å². The van der Waals surface area contributed by atoms with Gasteiger partial charge in [0.2, 0.25) is 5.91 Å². The lowest BCUT2D eigenvalue weighted by molar-refractivity contribution is -0.122. The monoisotopic (exact) mass is 333 g/mol. The fraction of sp³-hybridized carbons (Fsp3) is 0.533.